The summed E-state index contributed by atoms with van der Waals surface area (Å²) in [6.07, 6.45) is 1.62. The molecule has 1 aliphatic rings. The quantitative estimate of drug-likeness (QED) is 0.681. The normalized spacial score (nSPS) is 17.4. The summed E-state index contributed by atoms with van der Waals surface area (Å²) >= 11 is 0. The van der Waals surface area contributed by atoms with Crippen LogP contribution in [0.4, 0.5) is 4.79 Å². The Labute approximate surface area is 118 Å². The Hall–Kier alpha value is -1.79. The van der Waals surface area contributed by atoms with Crippen LogP contribution < -0.4 is 10.6 Å². The van der Waals surface area contributed by atoms with Crippen LogP contribution in [0.5, 0.6) is 0 Å². The number of piperidine rings is 1. The fraction of sp³-hybridized carbons (Fsp3) is 0.769. The Balaban J connectivity index is 2.28. The molecule has 3 amide bonds. The third kappa shape index (κ3) is 5.90. The van der Waals surface area contributed by atoms with Gasteiger partial charge in [0.05, 0.1) is 6.42 Å². The molecule has 1 rings (SSSR count). The van der Waals surface area contributed by atoms with Gasteiger partial charge in [0.15, 0.2) is 0 Å². The second-order valence-corrected chi connectivity index (χ2v) is 5.32. The van der Waals surface area contributed by atoms with Crippen molar-refractivity contribution in [2.45, 2.75) is 39.2 Å². The van der Waals surface area contributed by atoms with Crippen LogP contribution >= 0.6 is 0 Å². The molecule has 1 heterocycles. The average molecular weight is 285 g/mol. The molecule has 1 unspecified atom stereocenters. The molecule has 0 aromatic carbocycles. The van der Waals surface area contributed by atoms with Crippen LogP contribution in [0.15, 0.2) is 0 Å². The Morgan fingerprint density at radius 1 is 1.30 bits per heavy atom. The first-order chi connectivity index (χ1) is 9.38. The first-order valence-corrected chi connectivity index (χ1v) is 6.90. The number of carbonyl (C=O) groups is 3. The van der Waals surface area contributed by atoms with Crippen LogP contribution in [0.3, 0.4) is 0 Å². The summed E-state index contributed by atoms with van der Waals surface area (Å²) in [4.78, 5) is 35.0. The van der Waals surface area contributed by atoms with E-state index in [-0.39, 0.29) is 24.4 Å². The lowest BCUT2D eigenvalue weighted by atomic mass is 9.97. The fourth-order valence-corrected chi connectivity index (χ4v) is 2.24. The van der Waals surface area contributed by atoms with Crippen LogP contribution in [0.1, 0.15) is 33.1 Å². The van der Waals surface area contributed by atoms with Gasteiger partial charge in [0.25, 0.3) is 0 Å². The van der Waals surface area contributed by atoms with Crippen molar-refractivity contribution in [2.24, 2.45) is 5.92 Å². The molecule has 3 N–H and O–H groups in total. The standard InChI is InChI=1S/C13H23N3O4/c1-9(7-12(18)19)15-13(20)16-5-3-11(4-6-16)8-14-10(2)17/h9,11H,3-8H2,1-2H3,(H,14,17)(H,15,20)(H,18,19). The van der Waals surface area contributed by atoms with Crippen LogP contribution in [0, 0.1) is 5.92 Å². The summed E-state index contributed by atoms with van der Waals surface area (Å²) < 4.78 is 0. The molecular formula is C13H23N3O4. The maximum atomic E-state index is 11.9. The maximum Gasteiger partial charge on any atom is 0.317 e. The van der Waals surface area contributed by atoms with E-state index in [0.717, 1.165) is 12.8 Å². The molecule has 0 aliphatic carbocycles. The number of nitrogens with zero attached hydrogens (tertiary/aromatic N) is 1. The van der Waals surface area contributed by atoms with E-state index in [0.29, 0.717) is 25.6 Å². The van der Waals surface area contributed by atoms with Gasteiger partial charge in [0.2, 0.25) is 5.91 Å². The molecule has 0 aromatic rings. The molecule has 114 valence electrons. The first kappa shape index (κ1) is 16.3. The van der Waals surface area contributed by atoms with Crippen LogP contribution in [0.2, 0.25) is 0 Å². The number of carboxylic acids is 1. The van der Waals surface area contributed by atoms with Crippen molar-refractivity contribution in [3.63, 3.8) is 0 Å². The summed E-state index contributed by atoms with van der Waals surface area (Å²) in [6.45, 7) is 5.09. The predicted octanol–water partition coefficient (Wildman–Crippen LogP) is 0.407. The number of hydrogen-bond acceptors (Lipinski definition) is 3. The van der Waals surface area contributed by atoms with Crippen molar-refractivity contribution in [1.82, 2.24) is 15.5 Å². The van der Waals surface area contributed by atoms with E-state index in [1.54, 1.807) is 11.8 Å². The summed E-state index contributed by atoms with van der Waals surface area (Å²) in [5.41, 5.74) is 0. The van der Waals surface area contributed by atoms with E-state index in [1.807, 2.05) is 0 Å². The van der Waals surface area contributed by atoms with Gasteiger partial charge in [0.1, 0.15) is 0 Å². The highest BCUT2D eigenvalue weighted by Gasteiger charge is 2.23. The van der Waals surface area contributed by atoms with E-state index in [9.17, 15) is 14.4 Å². The number of aliphatic carboxylic acids is 1. The lowest BCUT2D eigenvalue weighted by Crippen LogP contribution is -2.48. The minimum atomic E-state index is -0.924. The largest absolute Gasteiger partial charge is 0.481 e. The topological polar surface area (TPSA) is 98.7 Å². The van der Waals surface area contributed by atoms with Crippen molar-refractivity contribution >= 4 is 17.9 Å². The minimum absolute atomic E-state index is 0.0346. The Morgan fingerprint density at radius 3 is 2.40 bits per heavy atom. The zero-order valence-electron chi connectivity index (χ0n) is 12.0. The van der Waals surface area contributed by atoms with E-state index in [1.165, 1.54) is 6.92 Å². The summed E-state index contributed by atoms with van der Waals surface area (Å²) in [5, 5.41) is 14.1. The van der Waals surface area contributed by atoms with Gasteiger partial charge in [-0.3, -0.25) is 9.59 Å². The highest BCUT2D eigenvalue weighted by Crippen LogP contribution is 2.16. The highest BCUT2D eigenvalue weighted by molar-refractivity contribution is 5.76. The molecule has 0 aromatic heterocycles. The molecule has 20 heavy (non-hydrogen) atoms. The third-order valence-corrected chi connectivity index (χ3v) is 3.39. The minimum Gasteiger partial charge on any atom is -0.481 e. The van der Waals surface area contributed by atoms with Crippen LogP contribution in [0.25, 0.3) is 0 Å². The molecule has 1 saturated heterocycles. The van der Waals surface area contributed by atoms with Gasteiger partial charge in [-0.1, -0.05) is 0 Å². The Morgan fingerprint density at radius 2 is 1.90 bits per heavy atom. The Kier molecular flexibility index (Phi) is 6.27. The lowest BCUT2D eigenvalue weighted by molar-refractivity contribution is -0.137. The molecule has 1 fully saturated rings. The molecule has 0 saturated carbocycles. The molecule has 7 nitrogen and oxygen atoms in total. The van der Waals surface area contributed by atoms with Gasteiger partial charge >= 0.3 is 12.0 Å². The van der Waals surface area contributed by atoms with Gasteiger partial charge in [0, 0.05) is 32.6 Å². The SMILES string of the molecule is CC(=O)NCC1CCN(C(=O)NC(C)CC(=O)O)CC1. The highest BCUT2D eigenvalue weighted by atomic mass is 16.4. The van der Waals surface area contributed by atoms with Crippen molar-refractivity contribution in [3.05, 3.63) is 0 Å². The molecule has 1 aliphatic heterocycles. The number of carbonyl (C=O) groups excluding carboxylic acids is 2. The molecule has 1 atom stereocenters. The molecule has 0 radical (unpaired) electrons. The zero-order chi connectivity index (χ0) is 15.1. The summed E-state index contributed by atoms with van der Waals surface area (Å²) in [5.74, 6) is -0.557. The first-order valence-electron chi connectivity index (χ1n) is 6.90. The van der Waals surface area contributed by atoms with E-state index in [4.69, 9.17) is 5.11 Å². The lowest BCUT2D eigenvalue weighted by Gasteiger charge is -2.32. The Bertz CT molecular complexity index is 365. The number of rotatable bonds is 5. The van der Waals surface area contributed by atoms with Gasteiger partial charge in [-0.05, 0) is 25.7 Å². The van der Waals surface area contributed by atoms with E-state index < -0.39 is 5.97 Å². The zero-order valence-corrected chi connectivity index (χ0v) is 12.0. The third-order valence-electron chi connectivity index (χ3n) is 3.39. The summed E-state index contributed by atoms with van der Waals surface area (Å²) in [6, 6.07) is -0.589. The fourth-order valence-electron chi connectivity index (χ4n) is 2.24. The number of amides is 3. The maximum absolute atomic E-state index is 11.9. The monoisotopic (exact) mass is 285 g/mol. The number of carboxylic acid groups (broad SMARTS) is 1. The van der Waals surface area contributed by atoms with Crippen molar-refractivity contribution in [2.75, 3.05) is 19.6 Å². The van der Waals surface area contributed by atoms with E-state index in [2.05, 4.69) is 10.6 Å². The molecular weight excluding hydrogens is 262 g/mol. The smallest absolute Gasteiger partial charge is 0.317 e. The molecule has 7 heteroatoms. The van der Waals surface area contributed by atoms with Crippen molar-refractivity contribution in [3.8, 4) is 0 Å². The van der Waals surface area contributed by atoms with Gasteiger partial charge in [-0.15, -0.1) is 0 Å². The van der Waals surface area contributed by atoms with Gasteiger partial charge < -0.3 is 20.6 Å². The van der Waals surface area contributed by atoms with Gasteiger partial charge in [-0.25, -0.2) is 4.79 Å². The number of likely N-dealkylation sites (tertiary alicyclic amines) is 1. The molecule has 0 bridgehead atoms. The van der Waals surface area contributed by atoms with Crippen molar-refractivity contribution < 1.29 is 19.5 Å². The second kappa shape index (κ2) is 7.72. The second-order valence-electron chi connectivity index (χ2n) is 5.32. The average Bonchev–Trinajstić information content (AvgIpc) is 2.35. The van der Waals surface area contributed by atoms with E-state index >= 15 is 0 Å². The number of nitrogens with one attached hydrogen (secondary N) is 2. The van der Waals surface area contributed by atoms with Crippen LogP contribution in [-0.2, 0) is 9.59 Å². The number of hydrogen-bond donors (Lipinski definition) is 3. The molecule has 0 spiro atoms. The number of urea groups is 1. The predicted molar refractivity (Wildman–Crippen MR) is 73.2 cm³/mol. The van der Waals surface area contributed by atoms with Gasteiger partial charge in [-0.2, -0.15) is 0 Å². The summed E-state index contributed by atoms with van der Waals surface area (Å²) in [7, 11) is 0. The van der Waals surface area contributed by atoms with Crippen LogP contribution in [-0.4, -0.2) is 53.6 Å². The van der Waals surface area contributed by atoms with Crippen molar-refractivity contribution in [1.29, 1.82) is 0 Å².